The van der Waals surface area contributed by atoms with Gasteiger partial charge in [-0.2, -0.15) is 0 Å². The van der Waals surface area contributed by atoms with Gasteiger partial charge in [0.1, 0.15) is 0 Å². The highest BCUT2D eigenvalue weighted by Gasteiger charge is 2.09. The van der Waals surface area contributed by atoms with Crippen LogP contribution >= 0.6 is 11.3 Å². The lowest BCUT2D eigenvalue weighted by atomic mass is 10.0. The van der Waals surface area contributed by atoms with E-state index in [0.717, 1.165) is 12.8 Å². The van der Waals surface area contributed by atoms with Crippen molar-refractivity contribution in [3.8, 4) is 0 Å². The average molecular weight is 312 g/mol. The number of rotatable bonds is 9. The number of carbonyl (C=O) groups is 2. The maximum absolute atomic E-state index is 11.7. The van der Waals surface area contributed by atoms with E-state index in [1.807, 2.05) is 25.3 Å². The largest absolute Gasteiger partial charge is 0.481 e. The molecule has 0 aromatic carbocycles. The maximum atomic E-state index is 11.7. The van der Waals surface area contributed by atoms with Crippen LogP contribution in [0.25, 0.3) is 0 Å². The number of aliphatic carboxylic acids is 1. The molecule has 2 atom stereocenters. The Morgan fingerprint density at radius 1 is 1.33 bits per heavy atom. The molecule has 5 nitrogen and oxygen atoms in total. The number of carboxylic acid groups (broad SMARTS) is 1. The Morgan fingerprint density at radius 2 is 2.10 bits per heavy atom. The number of hydrogen-bond donors (Lipinski definition) is 3. The van der Waals surface area contributed by atoms with Crippen LogP contribution in [0, 0.1) is 5.92 Å². The summed E-state index contributed by atoms with van der Waals surface area (Å²) in [5, 5.41) is 16.4. The molecule has 0 aliphatic carbocycles. The van der Waals surface area contributed by atoms with Crippen LogP contribution in [0.1, 0.15) is 38.0 Å². The van der Waals surface area contributed by atoms with Gasteiger partial charge in [0, 0.05) is 30.3 Å². The van der Waals surface area contributed by atoms with Crippen LogP contribution in [0.15, 0.2) is 17.5 Å². The molecule has 0 fully saturated rings. The highest BCUT2D eigenvalue weighted by Crippen LogP contribution is 2.11. The maximum Gasteiger partial charge on any atom is 0.315 e. The number of carbonyl (C=O) groups excluding carboxylic acids is 1. The fourth-order valence-electron chi connectivity index (χ4n) is 2.00. The minimum Gasteiger partial charge on any atom is -0.481 e. The van der Waals surface area contributed by atoms with E-state index in [-0.39, 0.29) is 18.5 Å². The predicted octanol–water partition coefficient (Wildman–Crippen LogP) is 2.87. The van der Waals surface area contributed by atoms with E-state index in [4.69, 9.17) is 5.11 Å². The van der Waals surface area contributed by atoms with Crippen molar-refractivity contribution in [1.82, 2.24) is 10.6 Å². The minimum absolute atomic E-state index is 0.0908. The fraction of sp³-hybridized carbons (Fsp3) is 0.600. The van der Waals surface area contributed by atoms with Gasteiger partial charge in [0.2, 0.25) is 0 Å². The van der Waals surface area contributed by atoms with Crippen molar-refractivity contribution < 1.29 is 14.7 Å². The number of urea groups is 1. The van der Waals surface area contributed by atoms with E-state index in [2.05, 4.69) is 16.7 Å². The summed E-state index contributed by atoms with van der Waals surface area (Å²) in [6, 6.07) is 3.99. The van der Waals surface area contributed by atoms with Gasteiger partial charge >= 0.3 is 12.0 Å². The van der Waals surface area contributed by atoms with Crippen molar-refractivity contribution in [3.05, 3.63) is 22.4 Å². The second-order valence-electron chi connectivity index (χ2n) is 5.41. The molecule has 0 bridgehead atoms. The van der Waals surface area contributed by atoms with E-state index in [1.165, 1.54) is 4.88 Å². The van der Waals surface area contributed by atoms with Gasteiger partial charge in [0.15, 0.2) is 0 Å². The molecule has 3 N–H and O–H groups in total. The van der Waals surface area contributed by atoms with Crippen LogP contribution in [-0.4, -0.2) is 29.7 Å². The Labute approximate surface area is 129 Å². The zero-order valence-corrected chi connectivity index (χ0v) is 13.4. The van der Waals surface area contributed by atoms with Gasteiger partial charge in [-0.25, -0.2) is 4.79 Å². The number of thiophene rings is 1. The molecule has 0 aliphatic rings. The van der Waals surface area contributed by atoms with Crippen LogP contribution in [0.3, 0.4) is 0 Å². The first-order valence-corrected chi connectivity index (χ1v) is 8.14. The molecule has 1 heterocycles. The van der Waals surface area contributed by atoms with Gasteiger partial charge in [-0.1, -0.05) is 13.0 Å². The third-order valence-electron chi connectivity index (χ3n) is 3.24. The molecule has 0 aliphatic heterocycles. The normalized spacial score (nSPS) is 13.4. The van der Waals surface area contributed by atoms with E-state index < -0.39 is 5.97 Å². The van der Waals surface area contributed by atoms with E-state index >= 15 is 0 Å². The lowest BCUT2D eigenvalue weighted by Gasteiger charge is -2.15. The summed E-state index contributed by atoms with van der Waals surface area (Å²) in [4.78, 5) is 23.4. The van der Waals surface area contributed by atoms with Gasteiger partial charge in [-0.15, -0.1) is 11.3 Å². The van der Waals surface area contributed by atoms with E-state index in [1.54, 1.807) is 11.3 Å². The quantitative estimate of drug-likeness (QED) is 0.656. The minimum atomic E-state index is -0.769. The smallest absolute Gasteiger partial charge is 0.315 e. The average Bonchev–Trinajstić information content (AvgIpc) is 2.88. The molecule has 6 heteroatoms. The molecule has 21 heavy (non-hydrogen) atoms. The number of hydrogen-bond acceptors (Lipinski definition) is 3. The molecule has 0 radical (unpaired) electrons. The second-order valence-corrected chi connectivity index (χ2v) is 6.44. The summed E-state index contributed by atoms with van der Waals surface area (Å²) in [6.07, 6.45) is 2.46. The Bertz CT molecular complexity index is 434. The topological polar surface area (TPSA) is 78.4 Å². The summed E-state index contributed by atoms with van der Waals surface area (Å²) in [6.45, 7) is 4.55. The van der Waals surface area contributed by atoms with Crippen molar-refractivity contribution in [1.29, 1.82) is 0 Å². The molecule has 1 rings (SSSR count). The Balaban J connectivity index is 2.11. The van der Waals surface area contributed by atoms with Gasteiger partial charge in [-0.3, -0.25) is 4.79 Å². The summed E-state index contributed by atoms with van der Waals surface area (Å²) in [5.41, 5.74) is 0. The van der Waals surface area contributed by atoms with Crippen LogP contribution in [0.5, 0.6) is 0 Å². The molecule has 1 aromatic heterocycles. The molecule has 118 valence electrons. The van der Waals surface area contributed by atoms with Crippen molar-refractivity contribution in [3.63, 3.8) is 0 Å². The zero-order chi connectivity index (χ0) is 15.7. The van der Waals surface area contributed by atoms with Gasteiger partial charge < -0.3 is 15.7 Å². The summed E-state index contributed by atoms with van der Waals surface area (Å²) < 4.78 is 0. The monoisotopic (exact) mass is 312 g/mol. The van der Waals surface area contributed by atoms with Crippen LogP contribution in [0.4, 0.5) is 4.79 Å². The summed E-state index contributed by atoms with van der Waals surface area (Å²) in [5.74, 6) is -0.472. The molecule has 0 saturated heterocycles. The SMILES string of the molecule is CC(CCNC(=O)NC(C)Cc1cccs1)CCC(=O)O. The second kappa shape index (κ2) is 9.39. The van der Waals surface area contributed by atoms with Crippen molar-refractivity contribution >= 4 is 23.3 Å². The van der Waals surface area contributed by atoms with Gasteiger partial charge in [0.25, 0.3) is 0 Å². The van der Waals surface area contributed by atoms with Gasteiger partial charge in [0.05, 0.1) is 0 Å². The Kier molecular flexibility index (Phi) is 7.82. The lowest BCUT2D eigenvalue weighted by molar-refractivity contribution is -0.137. The van der Waals surface area contributed by atoms with Crippen LogP contribution in [0.2, 0.25) is 0 Å². The van der Waals surface area contributed by atoms with E-state index in [9.17, 15) is 9.59 Å². The zero-order valence-electron chi connectivity index (χ0n) is 12.6. The standard InChI is InChI=1S/C15H24N2O3S/c1-11(5-6-14(18)19)7-8-16-15(20)17-12(2)10-13-4-3-9-21-13/h3-4,9,11-12H,5-8,10H2,1-2H3,(H,18,19)(H2,16,17,20). The first-order chi connectivity index (χ1) is 9.97. The highest BCUT2D eigenvalue weighted by molar-refractivity contribution is 7.09. The van der Waals surface area contributed by atoms with Crippen molar-refractivity contribution in [2.45, 2.75) is 45.6 Å². The van der Waals surface area contributed by atoms with Crippen LogP contribution < -0.4 is 10.6 Å². The van der Waals surface area contributed by atoms with Crippen molar-refractivity contribution in [2.24, 2.45) is 5.92 Å². The summed E-state index contributed by atoms with van der Waals surface area (Å²) in [7, 11) is 0. The molecular weight excluding hydrogens is 288 g/mol. The number of carboxylic acids is 1. The Morgan fingerprint density at radius 3 is 2.71 bits per heavy atom. The van der Waals surface area contributed by atoms with Crippen molar-refractivity contribution in [2.75, 3.05) is 6.54 Å². The first kappa shape index (κ1) is 17.5. The number of amides is 2. The lowest BCUT2D eigenvalue weighted by Crippen LogP contribution is -2.42. The fourth-order valence-corrected chi connectivity index (χ4v) is 2.84. The third-order valence-corrected chi connectivity index (χ3v) is 4.14. The Hall–Kier alpha value is -1.56. The molecule has 2 amide bonds. The number of nitrogens with one attached hydrogen (secondary N) is 2. The molecule has 0 spiro atoms. The first-order valence-electron chi connectivity index (χ1n) is 7.26. The molecule has 2 unspecified atom stereocenters. The predicted molar refractivity (Wildman–Crippen MR) is 84.7 cm³/mol. The van der Waals surface area contributed by atoms with Gasteiger partial charge in [-0.05, 0) is 37.1 Å². The summed E-state index contributed by atoms with van der Waals surface area (Å²) >= 11 is 1.69. The third kappa shape index (κ3) is 8.34. The van der Waals surface area contributed by atoms with Crippen LogP contribution in [-0.2, 0) is 11.2 Å². The molecule has 1 aromatic rings. The molecule has 0 saturated carbocycles. The highest BCUT2D eigenvalue weighted by atomic mass is 32.1. The molecular formula is C15H24N2O3S. The van der Waals surface area contributed by atoms with E-state index in [0.29, 0.717) is 18.9 Å².